The van der Waals surface area contributed by atoms with Gasteiger partial charge in [-0.3, -0.25) is 4.21 Å². The molecule has 114 valence electrons. The van der Waals surface area contributed by atoms with Crippen LogP contribution in [0.15, 0.2) is 53.7 Å². The molecular formula is C16H16N2O3S. The average Bonchev–Trinajstić information content (AvgIpc) is 2.96. The molecule has 6 heteroatoms. The van der Waals surface area contributed by atoms with E-state index in [1.165, 1.54) is 0 Å². The van der Waals surface area contributed by atoms with Crippen molar-refractivity contribution in [3.05, 3.63) is 54.5 Å². The number of hydrogen-bond donors (Lipinski definition) is 0. The molecule has 0 saturated carbocycles. The normalized spacial score (nSPS) is 12.3. The van der Waals surface area contributed by atoms with E-state index in [9.17, 15) is 4.21 Å². The minimum atomic E-state index is -1.19. The van der Waals surface area contributed by atoms with Crippen LogP contribution in [0.1, 0.15) is 5.69 Å². The van der Waals surface area contributed by atoms with Crippen molar-refractivity contribution in [3.8, 4) is 11.5 Å². The fourth-order valence-corrected chi connectivity index (χ4v) is 3.27. The van der Waals surface area contributed by atoms with E-state index in [1.807, 2.05) is 35.0 Å². The highest BCUT2D eigenvalue weighted by molar-refractivity contribution is 7.84. The number of pyridine rings is 1. The molecule has 0 radical (unpaired) electrons. The zero-order valence-electron chi connectivity index (χ0n) is 12.4. The van der Waals surface area contributed by atoms with Gasteiger partial charge in [-0.2, -0.15) is 0 Å². The number of benzene rings is 1. The molecule has 0 bridgehead atoms. The standard InChI is InChI=1S/C16H16N2O3S/c1-20-14-7-6-13(9-15(14)21-2)22(19)11-12-10-18-8-4-3-5-16(18)17-12/h3-10H,11H2,1-2H3/t22-/m1/s1. The van der Waals surface area contributed by atoms with Crippen molar-refractivity contribution in [2.24, 2.45) is 0 Å². The largest absolute Gasteiger partial charge is 0.493 e. The van der Waals surface area contributed by atoms with Crippen molar-refractivity contribution < 1.29 is 13.7 Å². The summed E-state index contributed by atoms with van der Waals surface area (Å²) in [5.41, 5.74) is 1.64. The molecule has 0 unspecified atom stereocenters. The maximum Gasteiger partial charge on any atom is 0.161 e. The van der Waals surface area contributed by atoms with Crippen LogP contribution in [0, 0.1) is 0 Å². The third-order valence-electron chi connectivity index (χ3n) is 3.31. The van der Waals surface area contributed by atoms with Crippen molar-refractivity contribution in [1.29, 1.82) is 0 Å². The minimum Gasteiger partial charge on any atom is -0.493 e. The fraction of sp³-hybridized carbons (Fsp3) is 0.188. The number of hydrogen-bond acceptors (Lipinski definition) is 4. The highest BCUT2D eigenvalue weighted by atomic mass is 32.2. The lowest BCUT2D eigenvalue weighted by molar-refractivity contribution is 0.354. The summed E-state index contributed by atoms with van der Waals surface area (Å²) in [6.45, 7) is 0. The molecule has 0 aliphatic heterocycles. The second-order valence-corrected chi connectivity index (χ2v) is 6.16. The lowest BCUT2D eigenvalue weighted by Crippen LogP contribution is -1.98. The Hall–Kier alpha value is -2.34. The summed E-state index contributed by atoms with van der Waals surface area (Å²) in [6.07, 6.45) is 3.82. The van der Waals surface area contributed by atoms with Crippen molar-refractivity contribution in [2.45, 2.75) is 10.6 Å². The van der Waals surface area contributed by atoms with Crippen LogP contribution in [0.2, 0.25) is 0 Å². The first-order chi connectivity index (χ1) is 10.7. The first-order valence-corrected chi connectivity index (χ1v) is 8.06. The molecule has 5 nitrogen and oxygen atoms in total. The monoisotopic (exact) mass is 316 g/mol. The second kappa shape index (κ2) is 6.19. The maximum atomic E-state index is 12.5. The quantitative estimate of drug-likeness (QED) is 0.726. The van der Waals surface area contributed by atoms with E-state index >= 15 is 0 Å². The Balaban J connectivity index is 1.84. The minimum absolute atomic E-state index is 0.358. The van der Waals surface area contributed by atoms with Gasteiger partial charge in [-0.1, -0.05) is 6.07 Å². The number of fused-ring (bicyclic) bond motifs is 1. The predicted molar refractivity (Wildman–Crippen MR) is 84.9 cm³/mol. The highest BCUT2D eigenvalue weighted by Crippen LogP contribution is 2.29. The van der Waals surface area contributed by atoms with Crippen LogP contribution >= 0.6 is 0 Å². The Bertz CT molecular complexity index is 796. The number of methoxy groups -OCH3 is 2. The number of rotatable bonds is 5. The van der Waals surface area contributed by atoms with E-state index in [-0.39, 0.29) is 0 Å². The van der Waals surface area contributed by atoms with Crippen LogP contribution in [0.25, 0.3) is 5.65 Å². The van der Waals surface area contributed by atoms with Crippen LogP contribution in [-0.2, 0) is 16.6 Å². The van der Waals surface area contributed by atoms with E-state index in [0.717, 1.165) is 11.3 Å². The summed E-state index contributed by atoms with van der Waals surface area (Å²) in [5, 5.41) is 0. The third kappa shape index (κ3) is 2.82. The third-order valence-corrected chi connectivity index (χ3v) is 4.65. The summed E-state index contributed by atoms with van der Waals surface area (Å²) in [7, 11) is 1.94. The smallest absolute Gasteiger partial charge is 0.161 e. The van der Waals surface area contributed by atoms with Gasteiger partial charge in [0.2, 0.25) is 0 Å². The average molecular weight is 316 g/mol. The highest BCUT2D eigenvalue weighted by Gasteiger charge is 2.12. The van der Waals surface area contributed by atoms with Crippen molar-refractivity contribution >= 4 is 16.4 Å². The number of imidazole rings is 1. The zero-order valence-corrected chi connectivity index (χ0v) is 13.2. The Morgan fingerprint density at radius 2 is 1.95 bits per heavy atom. The second-order valence-electron chi connectivity index (χ2n) is 4.70. The van der Waals surface area contributed by atoms with Crippen LogP contribution in [0.5, 0.6) is 11.5 Å². The zero-order chi connectivity index (χ0) is 15.5. The molecule has 0 aliphatic rings. The molecule has 0 spiro atoms. The van der Waals surface area contributed by atoms with Gasteiger partial charge in [0.05, 0.1) is 36.5 Å². The van der Waals surface area contributed by atoms with Gasteiger partial charge in [0.15, 0.2) is 11.5 Å². The topological polar surface area (TPSA) is 52.8 Å². The molecule has 2 heterocycles. The Morgan fingerprint density at radius 3 is 2.68 bits per heavy atom. The summed E-state index contributed by atoms with van der Waals surface area (Å²) in [4.78, 5) is 5.16. The Morgan fingerprint density at radius 1 is 1.14 bits per heavy atom. The van der Waals surface area contributed by atoms with Gasteiger partial charge in [0.25, 0.3) is 0 Å². The molecule has 0 aliphatic carbocycles. The Kier molecular flexibility index (Phi) is 4.11. The lowest BCUT2D eigenvalue weighted by atomic mass is 10.3. The Labute approximate surface area is 131 Å². The molecule has 2 aromatic heterocycles. The van der Waals surface area contributed by atoms with E-state index in [1.54, 1.807) is 32.4 Å². The van der Waals surface area contributed by atoms with Crippen molar-refractivity contribution in [1.82, 2.24) is 9.38 Å². The molecule has 0 N–H and O–H groups in total. The lowest BCUT2D eigenvalue weighted by Gasteiger charge is -2.08. The summed E-state index contributed by atoms with van der Waals surface area (Å²) < 4.78 is 24.9. The molecule has 0 fully saturated rings. The van der Waals surface area contributed by atoms with Gasteiger partial charge >= 0.3 is 0 Å². The van der Waals surface area contributed by atoms with E-state index in [0.29, 0.717) is 22.1 Å². The molecule has 3 aromatic rings. The molecule has 0 amide bonds. The number of ether oxygens (including phenoxy) is 2. The van der Waals surface area contributed by atoms with Crippen LogP contribution < -0.4 is 9.47 Å². The van der Waals surface area contributed by atoms with Crippen LogP contribution in [0.3, 0.4) is 0 Å². The van der Waals surface area contributed by atoms with Gasteiger partial charge in [0, 0.05) is 23.4 Å². The van der Waals surface area contributed by atoms with E-state index in [2.05, 4.69) is 4.98 Å². The summed E-state index contributed by atoms with van der Waals surface area (Å²) >= 11 is 0. The van der Waals surface area contributed by atoms with Gasteiger partial charge in [0.1, 0.15) is 5.65 Å². The molecule has 1 aromatic carbocycles. The number of aromatic nitrogens is 2. The molecule has 1 atom stereocenters. The van der Waals surface area contributed by atoms with Gasteiger partial charge in [-0.05, 0) is 24.3 Å². The fourth-order valence-electron chi connectivity index (χ4n) is 2.23. The molecule has 0 saturated heterocycles. The maximum absolute atomic E-state index is 12.5. The van der Waals surface area contributed by atoms with Crippen molar-refractivity contribution in [2.75, 3.05) is 14.2 Å². The first-order valence-electron chi connectivity index (χ1n) is 6.74. The molecule has 22 heavy (non-hydrogen) atoms. The van der Waals surface area contributed by atoms with Gasteiger partial charge < -0.3 is 13.9 Å². The summed E-state index contributed by atoms with van der Waals surface area (Å²) in [6, 6.07) is 11.1. The van der Waals surface area contributed by atoms with Gasteiger partial charge in [-0.15, -0.1) is 0 Å². The molecular weight excluding hydrogens is 300 g/mol. The first kappa shape index (κ1) is 14.6. The van der Waals surface area contributed by atoms with Crippen LogP contribution in [-0.4, -0.2) is 27.8 Å². The van der Waals surface area contributed by atoms with Gasteiger partial charge in [-0.25, -0.2) is 4.98 Å². The SMILES string of the molecule is COc1ccc([S@](=O)Cc2cn3ccccc3n2)cc1OC. The van der Waals surface area contributed by atoms with E-state index < -0.39 is 10.8 Å². The van der Waals surface area contributed by atoms with Crippen LogP contribution in [0.4, 0.5) is 0 Å². The predicted octanol–water partition coefficient (Wildman–Crippen LogP) is 2.66. The van der Waals surface area contributed by atoms with E-state index in [4.69, 9.17) is 9.47 Å². The molecule has 3 rings (SSSR count). The summed E-state index contributed by atoms with van der Waals surface area (Å²) in [5.74, 6) is 1.55. The number of nitrogens with zero attached hydrogens (tertiary/aromatic N) is 2. The van der Waals surface area contributed by atoms with Crippen molar-refractivity contribution in [3.63, 3.8) is 0 Å².